The molecular weight excluding hydrogens is 280 g/mol. The first-order valence-electron chi connectivity index (χ1n) is 7.33. The number of rotatable bonds is 2. The maximum Gasteiger partial charge on any atom is 0.389 e. The fraction of sp³-hybridized carbons (Fsp3) is 0.278. The second kappa shape index (κ2) is 6.10. The summed E-state index contributed by atoms with van der Waals surface area (Å²) >= 11 is 0. The Hall–Kier alpha value is -2.49. The van der Waals surface area contributed by atoms with Crippen LogP contribution in [0.2, 0.25) is 0 Å². The van der Waals surface area contributed by atoms with E-state index in [2.05, 4.69) is 6.92 Å². The van der Waals surface area contributed by atoms with E-state index < -0.39 is 12.3 Å². The van der Waals surface area contributed by atoms with Crippen LogP contribution in [0.4, 0.5) is 0 Å². The van der Waals surface area contributed by atoms with Crippen molar-refractivity contribution >= 4 is 5.97 Å². The highest BCUT2D eigenvalue weighted by Gasteiger charge is 2.31. The number of hydrogen-bond acceptors (Lipinski definition) is 4. The van der Waals surface area contributed by atoms with Gasteiger partial charge in [0.2, 0.25) is 0 Å². The normalized spacial score (nSPS) is 19.5. The van der Waals surface area contributed by atoms with E-state index >= 15 is 0 Å². The van der Waals surface area contributed by atoms with Crippen LogP contribution in [0.25, 0.3) is 0 Å². The molecule has 3 rings (SSSR count). The highest BCUT2D eigenvalue weighted by atomic mass is 16.7. The minimum absolute atomic E-state index is 0.158. The Kier molecular flexibility index (Phi) is 4.00. The average molecular weight is 298 g/mol. The molecule has 0 amide bonds. The van der Waals surface area contributed by atoms with Gasteiger partial charge in [-0.2, -0.15) is 0 Å². The van der Waals surface area contributed by atoms with Crippen molar-refractivity contribution in [3.05, 3.63) is 59.7 Å². The van der Waals surface area contributed by atoms with E-state index in [4.69, 9.17) is 14.2 Å². The minimum Gasteiger partial charge on any atom is -0.463 e. The van der Waals surface area contributed by atoms with E-state index in [1.54, 1.807) is 0 Å². The van der Waals surface area contributed by atoms with Crippen molar-refractivity contribution in [2.45, 2.75) is 25.6 Å². The van der Waals surface area contributed by atoms with Crippen LogP contribution in [0, 0.1) is 0 Å². The van der Waals surface area contributed by atoms with Gasteiger partial charge in [0, 0.05) is 17.0 Å². The molecule has 22 heavy (non-hydrogen) atoms. The molecule has 0 unspecified atom stereocenters. The molecule has 0 atom stereocenters. The fourth-order valence-corrected chi connectivity index (χ4v) is 2.81. The molecule has 4 nitrogen and oxygen atoms in total. The third-order valence-corrected chi connectivity index (χ3v) is 3.86. The van der Waals surface area contributed by atoms with E-state index in [9.17, 15) is 4.79 Å². The molecule has 0 saturated carbocycles. The van der Waals surface area contributed by atoms with Crippen LogP contribution in [0.3, 0.4) is 0 Å². The van der Waals surface area contributed by atoms with Gasteiger partial charge in [0.05, 0.1) is 7.11 Å². The zero-order valence-electron chi connectivity index (χ0n) is 12.6. The monoisotopic (exact) mass is 298 g/mol. The molecule has 1 aliphatic heterocycles. The van der Waals surface area contributed by atoms with Gasteiger partial charge in [-0.3, -0.25) is 0 Å². The molecule has 114 valence electrons. The Morgan fingerprint density at radius 2 is 1.50 bits per heavy atom. The van der Waals surface area contributed by atoms with Gasteiger partial charge >= 0.3 is 12.3 Å². The van der Waals surface area contributed by atoms with Gasteiger partial charge in [-0.1, -0.05) is 43.3 Å². The van der Waals surface area contributed by atoms with Crippen molar-refractivity contribution in [1.29, 1.82) is 0 Å². The molecule has 0 spiro atoms. The summed E-state index contributed by atoms with van der Waals surface area (Å²) < 4.78 is 16.3. The van der Waals surface area contributed by atoms with Crippen LogP contribution >= 0.6 is 0 Å². The zero-order chi connectivity index (χ0) is 15.5. The molecule has 1 heterocycles. The Bertz CT molecular complexity index is 631. The smallest absolute Gasteiger partial charge is 0.389 e. The van der Waals surface area contributed by atoms with Crippen molar-refractivity contribution in [2.75, 3.05) is 7.11 Å². The zero-order valence-corrected chi connectivity index (χ0v) is 12.6. The lowest BCUT2D eigenvalue weighted by Gasteiger charge is -2.28. The van der Waals surface area contributed by atoms with Gasteiger partial charge in [0.1, 0.15) is 11.5 Å². The Morgan fingerprint density at radius 3 is 1.95 bits per heavy atom. The first-order valence-corrected chi connectivity index (χ1v) is 7.33. The van der Waals surface area contributed by atoms with Crippen molar-refractivity contribution < 1.29 is 19.0 Å². The summed E-state index contributed by atoms with van der Waals surface area (Å²) in [6.45, 7) is 2.12. The standard InChI is InChI=1S/C18H18O4/c1-3-12-13-8-4-6-10-15(13)21-18(17(19)20-2)22-16-11-7-5-9-14(12)16/h4-12,18H,3H2,1-2H3. The first kappa shape index (κ1) is 14.4. The fourth-order valence-electron chi connectivity index (χ4n) is 2.81. The van der Waals surface area contributed by atoms with Crippen LogP contribution in [0.15, 0.2) is 48.5 Å². The largest absolute Gasteiger partial charge is 0.463 e. The van der Waals surface area contributed by atoms with Crippen LogP contribution in [-0.2, 0) is 9.53 Å². The van der Waals surface area contributed by atoms with Crippen molar-refractivity contribution in [2.24, 2.45) is 0 Å². The topological polar surface area (TPSA) is 44.8 Å². The summed E-state index contributed by atoms with van der Waals surface area (Å²) in [5, 5.41) is 0. The molecule has 0 N–H and O–H groups in total. The number of carbonyl (C=O) groups is 1. The third kappa shape index (κ3) is 2.52. The molecule has 1 aliphatic rings. The molecule has 0 bridgehead atoms. The van der Waals surface area contributed by atoms with Crippen LogP contribution in [0.5, 0.6) is 11.5 Å². The lowest BCUT2D eigenvalue weighted by Crippen LogP contribution is -2.36. The molecule has 0 saturated heterocycles. The van der Waals surface area contributed by atoms with Crippen LogP contribution in [-0.4, -0.2) is 19.4 Å². The molecular formula is C18H18O4. The number of carbonyl (C=O) groups excluding carboxylic acids is 1. The quantitative estimate of drug-likeness (QED) is 0.796. The highest BCUT2D eigenvalue weighted by molar-refractivity contribution is 5.74. The van der Waals surface area contributed by atoms with Crippen LogP contribution in [0.1, 0.15) is 30.4 Å². The van der Waals surface area contributed by atoms with Gasteiger partial charge in [-0.15, -0.1) is 0 Å². The van der Waals surface area contributed by atoms with E-state index in [1.165, 1.54) is 7.11 Å². The maximum absolute atomic E-state index is 11.9. The Morgan fingerprint density at radius 1 is 1.00 bits per heavy atom. The number of fused-ring (bicyclic) bond motifs is 2. The predicted octanol–water partition coefficient (Wildman–Crippen LogP) is 3.50. The number of para-hydroxylation sites is 2. The SMILES string of the molecule is CCC1c2ccccc2OC(C(=O)OC)Oc2ccccc21. The van der Waals surface area contributed by atoms with E-state index in [1.807, 2.05) is 48.5 Å². The second-order valence-corrected chi connectivity index (χ2v) is 5.13. The minimum atomic E-state index is -1.11. The lowest BCUT2D eigenvalue weighted by molar-refractivity contribution is -0.162. The summed E-state index contributed by atoms with van der Waals surface area (Å²) in [4.78, 5) is 11.9. The molecule has 0 aromatic heterocycles. The summed E-state index contributed by atoms with van der Waals surface area (Å²) in [5.74, 6) is 0.907. The third-order valence-electron chi connectivity index (χ3n) is 3.86. The molecule has 4 heteroatoms. The summed E-state index contributed by atoms with van der Waals surface area (Å²) in [6, 6.07) is 15.5. The highest BCUT2D eigenvalue weighted by Crippen LogP contribution is 2.40. The van der Waals surface area contributed by atoms with Gasteiger partial charge in [-0.25, -0.2) is 4.79 Å². The molecule has 0 radical (unpaired) electrons. The van der Waals surface area contributed by atoms with E-state index in [-0.39, 0.29) is 5.92 Å². The number of methoxy groups -OCH3 is 1. The van der Waals surface area contributed by atoms with Crippen molar-refractivity contribution in [3.8, 4) is 11.5 Å². The van der Waals surface area contributed by atoms with Gasteiger partial charge in [-0.05, 0) is 18.6 Å². The van der Waals surface area contributed by atoms with Crippen LogP contribution < -0.4 is 9.47 Å². The molecule has 2 aromatic rings. The van der Waals surface area contributed by atoms with Crippen molar-refractivity contribution in [1.82, 2.24) is 0 Å². The second-order valence-electron chi connectivity index (χ2n) is 5.13. The first-order chi connectivity index (χ1) is 10.7. The number of esters is 1. The Balaban J connectivity index is 2.15. The predicted molar refractivity (Wildman–Crippen MR) is 82.1 cm³/mol. The van der Waals surface area contributed by atoms with Gasteiger partial charge in [0.25, 0.3) is 0 Å². The number of hydrogen-bond donors (Lipinski definition) is 0. The average Bonchev–Trinajstić information content (AvgIpc) is 2.55. The summed E-state index contributed by atoms with van der Waals surface area (Å²) in [7, 11) is 1.32. The van der Waals surface area contributed by atoms with Crippen molar-refractivity contribution in [3.63, 3.8) is 0 Å². The van der Waals surface area contributed by atoms with Gasteiger partial charge < -0.3 is 14.2 Å². The maximum atomic E-state index is 11.9. The Labute approximate surface area is 129 Å². The number of benzene rings is 2. The lowest BCUT2D eigenvalue weighted by atomic mass is 9.87. The molecule has 0 aliphatic carbocycles. The molecule has 2 aromatic carbocycles. The summed E-state index contributed by atoms with van der Waals surface area (Å²) in [6.07, 6.45) is -0.200. The van der Waals surface area contributed by atoms with E-state index in [0.29, 0.717) is 11.5 Å². The molecule has 0 fully saturated rings. The number of ether oxygens (including phenoxy) is 3. The summed E-state index contributed by atoms with van der Waals surface area (Å²) in [5.41, 5.74) is 2.10. The van der Waals surface area contributed by atoms with E-state index in [0.717, 1.165) is 17.5 Å². The van der Waals surface area contributed by atoms with Gasteiger partial charge in [0.15, 0.2) is 0 Å².